The van der Waals surface area contributed by atoms with Gasteiger partial charge in [0.25, 0.3) is 0 Å². The Morgan fingerprint density at radius 3 is 2.79 bits per heavy atom. The van der Waals surface area contributed by atoms with Gasteiger partial charge in [0.1, 0.15) is 5.82 Å². The van der Waals surface area contributed by atoms with Crippen molar-refractivity contribution >= 4 is 11.5 Å². The average Bonchev–Trinajstić information content (AvgIpc) is 2.47. The van der Waals surface area contributed by atoms with Gasteiger partial charge in [0.2, 0.25) is 0 Å². The summed E-state index contributed by atoms with van der Waals surface area (Å²) in [5.41, 5.74) is 1.11. The first-order chi connectivity index (χ1) is 9.29. The van der Waals surface area contributed by atoms with E-state index in [1.54, 1.807) is 0 Å². The van der Waals surface area contributed by atoms with Gasteiger partial charge in [-0.05, 0) is 51.2 Å². The number of rotatable bonds is 6. The van der Waals surface area contributed by atoms with E-state index in [0.29, 0.717) is 6.04 Å². The third-order valence-electron chi connectivity index (χ3n) is 3.64. The zero-order valence-corrected chi connectivity index (χ0v) is 11.9. The van der Waals surface area contributed by atoms with Crippen LogP contribution in [0.25, 0.3) is 0 Å². The molecule has 1 aromatic heterocycles. The lowest BCUT2D eigenvalue weighted by Crippen LogP contribution is -2.30. The Hall–Kier alpha value is -1.51. The Morgan fingerprint density at radius 1 is 1.37 bits per heavy atom. The van der Waals surface area contributed by atoms with Crippen molar-refractivity contribution in [3.8, 4) is 0 Å². The third kappa shape index (κ3) is 4.27. The molecule has 0 bridgehead atoms. The largest absolute Gasteiger partial charge is 0.381 e. The van der Waals surface area contributed by atoms with E-state index in [9.17, 15) is 0 Å². The monoisotopic (exact) mass is 259 g/mol. The van der Waals surface area contributed by atoms with Crippen LogP contribution in [0, 0.1) is 0 Å². The summed E-state index contributed by atoms with van der Waals surface area (Å²) in [6.45, 7) is 8.25. The Labute approximate surface area is 116 Å². The van der Waals surface area contributed by atoms with E-state index in [0.717, 1.165) is 37.4 Å². The second-order valence-corrected chi connectivity index (χ2v) is 5.36. The summed E-state index contributed by atoms with van der Waals surface area (Å²) in [6, 6.07) is 4.73. The van der Waals surface area contributed by atoms with Crippen LogP contribution in [0.2, 0.25) is 0 Å². The van der Waals surface area contributed by atoms with Gasteiger partial charge >= 0.3 is 0 Å². The normalized spacial score (nSPS) is 17.0. The van der Waals surface area contributed by atoms with Gasteiger partial charge in [-0.15, -0.1) is 6.58 Å². The Bertz CT molecular complexity index is 379. The number of hydrogen-bond donors (Lipinski definition) is 1. The van der Waals surface area contributed by atoms with Gasteiger partial charge in [0.05, 0.1) is 11.9 Å². The molecule has 1 fully saturated rings. The van der Waals surface area contributed by atoms with Crippen molar-refractivity contribution in [2.75, 3.05) is 23.3 Å². The first-order valence-electron chi connectivity index (χ1n) is 7.38. The van der Waals surface area contributed by atoms with E-state index in [2.05, 4.69) is 40.8 Å². The van der Waals surface area contributed by atoms with Crippen LogP contribution < -0.4 is 10.2 Å². The van der Waals surface area contributed by atoms with Crippen LogP contribution in [0.4, 0.5) is 11.5 Å². The zero-order chi connectivity index (χ0) is 13.5. The molecule has 0 radical (unpaired) electrons. The Balaban J connectivity index is 1.88. The second kappa shape index (κ2) is 7.17. The van der Waals surface area contributed by atoms with Crippen LogP contribution in [0.15, 0.2) is 31.0 Å². The quantitative estimate of drug-likeness (QED) is 0.787. The lowest BCUT2D eigenvalue weighted by atomic mass is 10.1. The lowest BCUT2D eigenvalue weighted by Gasteiger charge is -2.27. The molecule has 1 aromatic rings. The van der Waals surface area contributed by atoms with Crippen LogP contribution in [-0.2, 0) is 0 Å². The maximum atomic E-state index is 4.58. The molecule has 1 unspecified atom stereocenters. The van der Waals surface area contributed by atoms with Crippen LogP contribution in [0.3, 0.4) is 0 Å². The van der Waals surface area contributed by atoms with Crippen molar-refractivity contribution in [1.29, 1.82) is 0 Å². The van der Waals surface area contributed by atoms with E-state index < -0.39 is 0 Å². The number of aromatic nitrogens is 1. The standard InChI is InChI=1S/C16H25N3/c1-3-4-8-14(2)18-15-9-10-16(17-13-15)19-11-6-5-7-12-19/h3,9-10,13-14,18H,1,4-8,11-12H2,2H3. The number of piperidine rings is 1. The highest BCUT2D eigenvalue weighted by Gasteiger charge is 2.11. The molecule has 1 atom stereocenters. The molecule has 1 aliphatic rings. The van der Waals surface area contributed by atoms with Crippen LogP contribution >= 0.6 is 0 Å². The molecule has 0 amide bonds. The topological polar surface area (TPSA) is 28.2 Å². The SMILES string of the molecule is C=CCCC(C)Nc1ccc(N2CCCCC2)nc1. The predicted molar refractivity (Wildman–Crippen MR) is 82.8 cm³/mol. The molecule has 1 aliphatic heterocycles. The number of pyridine rings is 1. The summed E-state index contributed by atoms with van der Waals surface area (Å²) < 4.78 is 0. The molecule has 0 saturated carbocycles. The van der Waals surface area contributed by atoms with E-state index in [1.807, 2.05) is 12.3 Å². The summed E-state index contributed by atoms with van der Waals surface area (Å²) in [5, 5.41) is 3.48. The van der Waals surface area contributed by atoms with Crippen LogP contribution in [0.1, 0.15) is 39.0 Å². The average molecular weight is 259 g/mol. The minimum absolute atomic E-state index is 0.459. The minimum atomic E-state index is 0.459. The molecule has 2 rings (SSSR count). The first-order valence-corrected chi connectivity index (χ1v) is 7.38. The van der Waals surface area contributed by atoms with Crippen molar-refractivity contribution < 1.29 is 0 Å². The van der Waals surface area contributed by atoms with Crippen molar-refractivity contribution in [2.24, 2.45) is 0 Å². The molecule has 0 spiro atoms. The van der Waals surface area contributed by atoms with Crippen LogP contribution in [0.5, 0.6) is 0 Å². The van der Waals surface area contributed by atoms with Gasteiger partial charge in [-0.25, -0.2) is 4.98 Å². The molecule has 19 heavy (non-hydrogen) atoms. The third-order valence-corrected chi connectivity index (χ3v) is 3.64. The van der Waals surface area contributed by atoms with Gasteiger partial charge in [0, 0.05) is 19.1 Å². The fourth-order valence-corrected chi connectivity index (χ4v) is 2.51. The molecular weight excluding hydrogens is 234 g/mol. The van der Waals surface area contributed by atoms with Gasteiger partial charge in [-0.1, -0.05) is 6.08 Å². The molecule has 0 aromatic carbocycles. The van der Waals surface area contributed by atoms with Crippen LogP contribution in [-0.4, -0.2) is 24.1 Å². The van der Waals surface area contributed by atoms with E-state index in [1.165, 1.54) is 19.3 Å². The van der Waals surface area contributed by atoms with Crippen molar-refractivity contribution in [2.45, 2.75) is 45.1 Å². The van der Waals surface area contributed by atoms with Gasteiger partial charge in [-0.3, -0.25) is 0 Å². The van der Waals surface area contributed by atoms with Crippen molar-refractivity contribution in [3.63, 3.8) is 0 Å². The van der Waals surface area contributed by atoms with Gasteiger partial charge in [0.15, 0.2) is 0 Å². The zero-order valence-electron chi connectivity index (χ0n) is 11.9. The number of hydrogen-bond acceptors (Lipinski definition) is 3. The van der Waals surface area contributed by atoms with E-state index in [4.69, 9.17) is 0 Å². The predicted octanol–water partition coefficient (Wildman–Crippen LogP) is 3.84. The molecule has 2 heterocycles. The highest BCUT2D eigenvalue weighted by molar-refractivity contribution is 5.49. The van der Waals surface area contributed by atoms with Crippen molar-refractivity contribution in [1.82, 2.24) is 4.98 Å². The maximum Gasteiger partial charge on any atom is 0.128 e. The minimum Gasteiger partial charge on any atom is -0.381 e. The number of nitrogens with zero attached hydrogens (tertiary/aromatic N) is 2. The fourth-order valence-electron chi connectivity index (χ4n) is 2.51. The lowest BCUT2D eigenvalue weighted by molar-refractivity contribution is 0.573. The molecule has 0 aliphatic carbocycles. The molecule has 3 heteroatoms. The summed E-state index contributed by atoms with van der Waals surface area (Å²) in [6.07, 6.45) is 10.0. The summed E-state index contributed by atoms with van der Waals surface area (Å²) in [4.78, 5) is 6.96. The number of nitrogens with one attached hydrogen (secondary N) is 1. The first kappa shape index (κ1) is 13.9. The molecular formula is C16H25N3. The Kier molecular flexibility index (Phi) is 5.25. The smallest absolute Gasteiger partial charge is 0.128 e. The van der Waals surface area contributed by atoms with Gasteiger partial charge in [-0.2, -0.15) is 0 Å². The summed E-state index contributed by atoms with van der Waals surface area (Å²) in [5.74, 6) is 1.11. The molecule has 104 valence electrons. The molecule has 1 saturated heterocycles. The fraction of sp³-hybridized carbons (Fsp3) is 0.562. The summed E-state index contributed by atoms with van der Waals surface area (Å²) >= 11 is 0. The van der Waals surface area contributed by atoms with Gasteiger partial charge < -0.3 is 10.2 Å². The Morgan fingerprint density at radius 2 is 2.16 bits per heavy atom. The number of anilines is 2. The van der Waals surface area contributed by atoms with Crippen molar-refractivity contribution in [3.05, 3.63) is 31.0 Å². The number of allylic oxidation sites excluding steroid dienone is 1. The summed E-state index contributed by atoms with van der Waals surface area (Å²) in [7, 11) is 0. The van der Waals surface area contributed by atoms with E-state index >= 15 is 0 Å². The highest BCUT2D eigenvalue weighted by atomic mass is 15.2. The van der Waals surface area contributed by atoms with E-state index in [-0.39, 0.29) is 0 Å². The molecule has 1 N–H and O–H groups in total. The highest BCUT2D eigenvalue weighted by Crippen LogP contribution is 2.19. The molecule has 3 nitrogen and oxygen atoms in total. The maximum absolute atomic E-state index is 4.58. The second-order valence-electron chi connectivity index (χ2n) is 5.36.